The molecule has 0 unspecified atom stereocenters. The van der Waals surface area contributed by atoms with Gasteiger partial charge in [0, 0.05) is 0 Å². The summed E-state index contributed by atoms with van der Waals surface area (Å²) in [5.41, 5.74) is 4.72. The van der Waals surface area contributed by atoms with Crippen LogP contribution in [0.5, 0.6) is 11.5 Å². The molecule has 3 aromatic rings. The van der Waals surface area contributed by atoms with E-state index in [0.29, 0.717) is 18.8 Å². The summed E-state index contributed by atoms with van der Waals surface area (Å²) < 4.78 is 11.4. The van der Waals surface area contributed by atoms with Crippen LogP contribution in [0.3, 0.4) is 0 Å². The number of hydrogen-bond acceptors (Lipinski definition) is 3. The minimum Gasteiger partial charge on any atom is -0.493 e. The number of rotatable bonds is 10. The molecule has 1 N–H and O–H groups in total. The molecule has 0 aliphatic carbocycles. The number of ether oxygens (including phenoxy) is 2. The fourth-order valence-corrected chi connectivity index (χ4v) is 3.13. The topological polar surface area (TPSA) is 55.8 Å². The van der Waals surface area contributed by atoms with Gasteiger partial charge in [0.2, 0.25) is 0 Å². The number of carbonyl (C=O) groups is 1. The van der Waals surface area contributed by atoms with Crippen LogP contribution >= 0.6 is 0 Å². The lowest BCUT2D eigenvalue weighted by Gasteiger charge is -2.12. The minimum absolute atomic E-state index is 0.164. The molecule has 0 saturated carbocycles. The SMILES string of the molecule is CC[C@@H](COc1ccc(OC/C=C(\C)c2ccc(-c3ccccc3)cc2)cc1)C(=O)O. The number of allylic oxidation sites excluding steroid dienone is 1. The maximum Gasteiger partial charge on any atom is 0.309 e. The Hall–Kier alpha value is -3.53. The van der Waals surface area contributed by atoms with E-state index >= 15 is 0 Å². The second kappa shape index (κ2) is 11.0. The monoisotopic (exact) mass is 416 g/mol. The number of benzene rings is 3. The Kier molecular flexibility index (Phi) is 7.88. The molecule has 3 rings (SSSR count). The van der Waals surface area contributed by atoms with Gasteiger partial charge in [0.15, 0.2) is 0 Å². The highest BCUT2D eigenvalue weighted by molar-refractivity contribution is 5.70. The lowest BCUT2D eigenvalue weighted by Crippen LogP contribution is -2.20. The van der Waals surface area contributed by atoms with Gasteiger partial charge in [-0.2, -0.15) is 0 Å². The summed E-state index contributed by atoms with van der Waals surface area (Å²) in [5, 5.41) is 9.08. The average molecular weight is 417 g/mol. The number of aliphatic carboxylic acids is 1. The molecule has 0 aliphatic heterocycles. The van der Waals surface area contributed by atoms with E-state index in [4.69, 9.17) is 14.6 Å². The summed E-state index contributed by atoms with van der Waals surface area (Å²) >= 11 is 0. The third-order valence-corrected chi connectivity index (χ3v) is 5.20. The Morgan fingerprint density at radius 3 is 2.03 bits per heavy atom. The van der Waals surface area contributed by atoms with E-state index in [1.54, 1.807) is 12.1 Å². The zero-order valence-electron chi connectivity index (χ0n) is 18.0. The molecule has 0 fully saturated rings. The Labute approximate surface area is 183 Å². The molecule has 3 aromatic carbocycles. The summed E-state index contributed by atoms with van der Waals surface area (Å²) in [6, 6.07) is 26.1. The standard InChI is InChI=1S/C27H28O4/c1-3-21(27(28)29)19-31-26-15-13-25(14-16-26)30-18-17-20(2)22-9-11-24(12-10-22)23-7-5-4-6-8-23/h4-17,21H,3,18-19H2,1-2H3,(H,28,29)/b20-17+/t21-/m0/s1. The van der Waals surface area contributed by atoms with Gasteiger partial charge < -0.3 is 14.6 Å². The smallest absolute Gasteiger partial charge is 0.309 e. The first-order valence-electron chi connectivity index (χ1n) is 10.5. The van der Waals surface area contributed by atoms with Crippen molar-refractivity contribution in [1.29, 1.82) is 0 Å². The molecule has 1 atom stereocenters. The molecule has 0 aliphatic rings. The molecule has 4 nitrogen and oxygen atoms in total. The van der Waals surface area contributed by atoms with Crippen molar-refractivity contribution in [2.45, 2.75) is 20.3 Å². The van der Waals surface area contributed by atoms with Crippen LogP contribution in [0, 0.1) is 5.92 Å². The number of hydrogen-bond donors (Lipinski definition) is 1. The lowest BCUT2D eigenvalue weighted by atomic mass is 10.0. The first-order chi connectivity index (χ1) is 15.1. The van der Waals surface area contributed by atoms with Crippen molar-refractivity contribution in [3.63, 3.8) is 0 Å². The van der Waals surface area contributed by atoms with Crippen LogP contribution in [-0.2, 0) is 4.79 Å². The highest BCUT2D eigenvalue weighted by Crippen LogP contribution is 2.23. The fourth-order valence-electron chi connectivity index (χ4n) is 3.13. The van der Waals surface area contributed by atoms with E-state index in [1.807, 2.05) is 37.3 Å². The highest BCUT2D eigenvalue weighted by Gasteiger charge is 2.15. The predicted molar refractivity (Wildman–Crippen MR) is 124 cm³/mol. The van der Waals surface area contributed by atoms with Gasteiger partial charge in [-0.1, -0.05) is 61.5 Å². The summed E-state index contributed by atoms with van der Waals surface area (Å²) in [6.45, 7) is 4.54. The van der Waals surface area contributed by atoms with Crippen LogP contribution in [0.2, 0.25) is 0 Å². The summed E-state index contributed by atoms with van der Waals surface area (Å²) in [5.74, 6) is 0.0449. The molecular weight excluding hydrogens is 388 g/mol. The van der Waals surface area contributed by atoms with Crippen molar-refractivity contribution in [2.75, 3.05) is 13.2 Å². The summed E-state index contributed by atoms with van der Waals surface area (Å²) in [6.07, 6.45) is 2.60. The summed E-state index contributed by atoms with van der Waals surface area (Å²) in [7, 11) is 0. The Morgan fingerprint density at radius 1 is 0.871 bits per heavy atom. The van der Waals surface area contributed by atoms with Gasteiger partial charge in [0.05, 0.1) is 5.92 Å². The molecular formula is C27H28O4. The zero-order chi connectivity index (χ0) is 22.1. The molecule has 0 saturated heterocycles. The van der Waals surface area contributed by atoms with Crippen LogP contribution in [-0.4, -0.2) is 24.3 Å². The molecule has 0 heterocycles. The van der Waals surface area contributed by atoms with Gasteiger partial charge in [-0.25, -0.2) is 0 Å². The van der Waals surface area contributed by atoms with Crippen molar-refractivity contribution in [1.82, 2.24) is 0 Å². The van der Waals surface area contributed by atoms with Crippen molar-refractivity contribution in [2.24, 2.45) is 5.92 Å². The van der Waals surface area contributed by atoms with E-state index in [0.717, 1.165) is 16.9 Å². The molecule has 31 heavy (non-hydrogen) atoms. The first kappa shape index (κ1) is 22.2. The largest absolute Gasteiger partial charge is 0.493 e. The quantitative estimate of drug-likeness (QED) is 0.420. The Bertz CT molecular complexity index is 990. The minimum atomic E-state index is -0.834. The highest BCUT2D eigenvalue weighted by atomic mass is 16.5. The second-order valence-electron chi connectivity index (χ2n) is 7.37. The van der Waals surface area contributed by atoms with Crippen molar-refractivity contribution >= 4 is 11.5 Å². The van der Waals surface area contributed by atoms with Crippen molar-refractivity contribution in [3.8, 4) is 22.6 Å². The van der Waals surface area contributed by atoms with E-state index in [2.05, 4.69) is 49.4 Å². The van der Waals surface area contributed by atoms with Crippen molar-refractivity contribution in [3.05, 3.63) is 90.5 Å². The summed E-state index contributed by atoms with van der Waals surface area (Å²) in [4.78, 5) is 11.1. The van der Waals surface area contributed by atoms with Gasteiger partial charge in [-0.15, -0.1) is 0 Å². The third kappa shape index (κ3) is 6.48. The van der Waals surface area contributed by atoms with Crippen LogP contribution < -0.4 is 9.47 Å². The van der Waals surface area contributed by atoms with Gasteiger partial charge in [-0.3, -0.25) is 4.79 Å². The molecule has 0 spiro atoms. The Balaban J connectivity index is 1.51. The number of carboxylic acids is 1. The van der Waals surface area contributed by atoms with Crippen LogP contribution in [0.15, 0.2) is 84.9 Å². The maximum absolute atomic E-state index is 11.1. The Morgan fingerprint density at radius 2 is 1.45 bits per heavy atom. The average Bonchev–Trinajstić information content (AvgIpc) is 2.81. The van der Waals surface area contributed by atoms with Gasteiger partial charge in [0.1, 0.15) is 24.7 Å². The molecule has 4 heteroatoms. The zero-order valence-corrected chi connectivity index (χ0v) is 18.0. The van der Waals surface area contributed by atoms with E-state index in [1.165, 1.54) is 11.1 Å². The van der Waals surface area contributed by atoms with Crippen LogP contribution in [0.25, 0.3) is 16.7 Å². The van der Waals surface area contributed by atoms with Gasteiger partial charge >= 0.3 is 5.97 Å². The molecule has 0 amide bonds. The lowest BCUT2D eigenvalue weighted by molar-refractivity contribution is -0.142. The predicted octanol–water partition coefficient (Wildman–Crippen LogP) is 6.33. The van der Waals surface area contributed by atoms with E-state index in [9.17, 15) is 4.79 Å². The van der Waals surface area contributed by atoms with Crippen LogP contribution in [0.1, 0.15) is 25.8 Å². The normalized spacial score (nSPS) is 12.3. The third-order valence-electron chi connectivity index (χ3n) is 5.20. The number of carboxylic acid groups (broad SMARTS) is 1. The molecule has 0 aromatic heterocycles. The van der Waals surface area contributed by atoms with E-state index < -0.39 is 11.9 Å². The molecule has 0 bridgehead atoms. The maximum atomic E-state index is 11.1. The fraction of sp³-hybridized carbons (Fsp3) is 0.222. The molecule has 160 valence electrons. The van der Waals surface area contributed by atoms with Crippen LogP contribution in [0.4, 0.5) is 0 Å². The van der Waals surface area contributed by atoms with E-state index in [-0.39, 0.29) is 6.61 Å². The van der Waals surface area contributed by atoms with Gasteiger partial charge in [0.25, 0.3) is 0 Å². The molecule has 0 radical (unpaired) electrons. The first-order valence-corrected chi connectivity index (χ1v) is 10.5. The van der Waals surface area contributed by atoms with Gasteiger partial charge in [-0.05, 0) is 65.9 Å². The van der Waals surface area contributed by atoms with Crippen molar-refractivity contribution < 1.29 is 19.4 Å². The second-order valence-corrected chi connectivity index (χ2v) is 7.37.